The van der Waals surface area contributed by atoms with Gasteiger partial charge in [-0.25, -0.2) is 0 Å². The maximum absolute atomic E-state index is 14.4. The summed E-state index contributed by atoms with van der Waals surface area (Å²) in [4.78, 5) is 45.3. The highest BCUT2D eigenvalue weighted by Crippen LogP contribution is 2.58. The zero-order chi connectivity index (χ0) is 26.9. The van der Waals surface area contributed by atoms with E-state index < -0.39 is 35.0 Å². The fraction of sp³-hybridized carbons (Fsp3) is 0.552. The summed E-state index contributed by atoms with van der Waals surface area (Å²) in [5, 5.41) is 9.23. The van der Waals surface area contributed by atoms with Crippen LogP contribution in [0.1, 0.15) is 39.0 Å². The highest BCUT2D eigenvalue weighted by molar-refractivity contribution is 6.05. The highest BCUT2D eigenvalue weighted by atomic mass is 16.6. The predicted octanol–water partition coefficient (Wildman–Crippen LogP) is 2.62. The van der Waals surface area contributed by atoms with Crippen molar-refractivity contribution >= 4 is 23.5 Å². The van der Waals surface area contributed by atoms with E-state index in [-0.39, 0.29) is 25.0 Å². The lowest BCUT2D eigenvalue weighted by Crippen LogP contribution is -2.56. The molecule has 2 amide bonds. The number of aliphatic hydroxyl groups is 1. The van der Waals surface area contributed by atoms with Crippen molar-refractivity contribution in [3.05, 3.63) is 48.6 Å². The van der Waals surface area contributed by atoms with Crippen LogP contribution in [0.25, 0.3) is 0 Å². The van der Waals surface area contributed by atoms with Crippen LogP contribution < -0.4 is 9.64 Å². The fourth-order valence-electron chi connectivity index (χ4n) is 6.53. The third-order valence-corrected chi connectivity index (χ3v) is 8.34. The maximum Gasteiger partial charge on any atom is 0.313 e. The average molecular weight is 525 g/mol. The molecule has 1 N–H and O–H groups in total. The molecule has 4 aliphatic heterocycles. The molecule has 9 nitrogen and oxygen atoms in total. The topological polar surface area (TPSA) is 106 Å². The van der Waals surface area contributed by atoms with Gasteiger partial charge in [0.25, 0.3) is 5.91 Å². The molecule has 9 heteroatoms. The first-order valence-electron chi connectivity index (χ1n) is 13.5. The van der Waals surface area contributed by atoms with Gasteiger partial charge in [-0.1, -0.05) is 31.2 Å². The second kappa shape index (κ2) is 10.5. The molecule has 5 atom stereocenters. The number of amides is 2. The first kappa shape index (κ1) is 26.4. The number of hydrogen-bond donors (Lipinski definition) is 1. The van der Waals surface area contributed by atoms with Gasteiger partial charge in [0.2, 0.25) is 5.91 Å². The molecule has 4 heterocycles. The number of esters is 1. The Morgan fingerprint density at radius 1 is 1.03 bits per heavy atom. The van der Waals surface area contributed by atoms with E-state index in [2.05, 4.69) is 0 Å². The van der Waals surface area contributed by atoms with E-state index in [1.54, 1.807) is 29.0 Å². The van der Waals surface area contributed by atoms with Gasteiger partial charge in [-0.15, -0.1) is 0 Å². The molecule has 2 saturated heterocycles. The summed E-state index contributed by atoms with van der Waals surface area (Å²) >= 11 is 0. The minimum atomic E-state index is -1.30. The fourth-order valence-corrected chi connectivity index (χ4v) is 6.53. The van der Waals surface area contributed by atoms with E-state index in [1.807, 2.05) is 43.4 Å². The molecule has 0 saturated carbocycles. The lowest BCUT2D eigenvalue weighted by Gasteiger charge is -2.38. The van der Waals surface area contributed by atoms with E-state index in [0.717, 1.165) is 0 Å². The summed E-state index contributed by atoms with van der Waals surface area (Å²) in [6, 6.07) is 6.29. The number of methoxy groups -OCH3 is 1. The monoisotopic (exact) mass is 524 g/mol. The second-order valence-electron chi connectivity index (χ2n) is 10.3. The van der Waals surface area contributed by atoms with Crippen molar-refractivity contribution in [3.63, 3.8) is 0 Å². The van der Waals surface area contributed by atoms with Gasteiger partial charge >= 0.3 is 5.97 Å². The van der Waals surface area contributed by atoms with Gasteiger partial charge in [0.15, 0.2) is 0 Å². The van der Waals surface area contributed by atoms with E-state index >= 15 is 0 Å². The molecule has 0 aliphatic carbocycles. The van der Waals surface area contributed by atoms with E-state index in [4.69, 9.17) is 14.2 Å². The summed E-state index contributed by atoms with van der Waals surface area (Å²) in [5.74, 6) is -2.03. The number of likely N-dealkylation sites (tertiary alicyclic amines) is 1. The van der Waals surface area contributed by atoms with Crippen molar-refractivity contribution < 1.29 is 33.7 Å². The summed E-state index contributed by atoms with van der Waals surface area (Å²) in [5.41, 5.74) is -1.66. The van der Waals surface area contributed by atoms with Crippen LogP contribution in [0.5, 0.6) is 5.75 Å². The Morgan fingerprint density at radius 2 is 1.82 bits per heavy atom. The Balaban J connectivity index is 1.60. The minimum Gasteiger partial charge on any atom is -0.497 e. The van der Waals surface area contributed by atoms with Crippen LogP contribution in [-0.2, 0) is 23.9 Å². The molecule has 5 rings (SSSR count). The SMILES string of the molecule is CC[C@@]12C=CCCOC(=O)[C@@H]1[C@H]1C(=O)N(CCCCCO)C3C(=O)N(c4ccc(OC)cc4)CC=C[C@@]31O2. The lowest BCUT2D eigenvalue weighted by molar-refractivity contribution is -0.160. The molecule has 1 aromatic carbocycles. The lowest BCUT2D eigenvalue weighted by atomic mass is 9.73. The Bertz CT molecular complexity index is 1130. The number of aliphatic hydroxyl groups excluding tert-OH is 1. The van der Waals surface area contributed by atoms with Crippen LogP contribution in [0.4, 0.5) is 5.69 Å². The number of benzene rings is 1. The van der Waals surface area contributed by atoms with Crippen molar-refractivity contribution in [3.8, 4) is 5.75 Å². The minimum absolute atomic E-state index is 0.0687. The highest BCUT2D eigenvalue weighted by Gasteiger charge is 2.75. The van der Waals surface area contributed by atoms with Crippen molar-refractivity contribution in [2.45, 2.75) is 56.3 Å². The number of nitrogens with zero attached hydrogens (tertiary/aromatic N) is 2. The molecule has 1 unspecified atom stereocenters. The van der Waals surface area contributed by atoms with Crippen molar-refractivity contribution in [2.24, 2.45) is 11.8 Å². The zero-order valence-corrected chi connectivity index (χ0v) is 22.0. The standard InChI is InChI=1S/C29H36N2O7/c1-3-28-14-5-8-19-37-27(35)23(28)22-25(33)31(16-6-4-7-18-32)24-26(34)30(17-9-15-29(22,24)38-28)20-10-12-21(36-2)13-11-20/h5,9-15,22-24,32H,3-4,6-8,16-19H2,1-2H3/t22-,23-,24?,28+,29-/m0/s1. The van der Waals surface area contributed by atoms with Gasteiger partial charge < -0.3 is 29.1 Å². The van der Waals surface area contributed by atoms with Gasteiger partial charge in [-0.2, -0.15) is 0 Å². The Labute approximate surface area is 223 Å². The zero-order valence-electron chi connectivity index (χ0n) is 22.0. The number of fused-ring (bicyclic) bond motifs is 2. The number of unbranched alkanes of at least 4 members (excludes halogenated alkanes) is 2. The van der Waals surface area contributed by atoms with Crippen molar-refractivity contribution in [1.29, 1.82) is 0 Å². The van der Waals surface area contributed by atoms with Crippen LogP contribution in [0, 0.1) is 11.8 Å². The Hall–Kier alpha value is -3.17. The summed E-state index contributed by atoms with van der Waals surface area (Å²) in [6.45, 7) is 2.88. The molecule has 1 aromatic rings. The molecule has 0 bridgehead atoms. The number of carbonyl (C=O) groups excluding carboxylic acids is 3. The van der Waals surface area contributed by atoms with Crippen LogP contribution >= 0.6 is 0 Å². The van der Waals surface area contributed by atoms with Crippen LogP contribution in [-0.4, -0.2) is 78.4 Å². The Kier molecular flexibility index (Phi) is 7.33. The van der Waals surface area contributed by atoms with Crippen molar-refractivity contribution in [1.82, 2.24) is 4.90 Å². The summed E-state index contributed by atoms with van der Waals surface area (Å²) in [7, 11) is 1.59. The second-order valence-corrected chi connectivity index (χ2v) is 10.3. The molecule has 4 aliphatic rings. The number of anilines is 1. The summed E-state index contributed by atoms with van der Waals surface area (Å²) in [6.07, 6.45) is 10.5. The van der Waals surface area contributed by atoms with Gasteiger partial charge in [-0.05, 0) is 56.4 Å². The molecule has 204 valence electrons. The quantitative estimate of drug-likeness (QED) is 0.317. The van der Waals surface area contributed by atoms with E-state index in [1.165, 1.54) is 0 Å². The molecule has 0 aromatic heterocycles. The first-order valence-corrected chi connectivity index (χ1v) is 13.5. The van der Waals surface area contributed by atoms with Gasteiger partial charge in [0, 0.05) is 25.4 Å². The average Bonchev–Trinajstić information content (AvgIpc) is 3.26. The summed E-state index contributed by atoms with van der Waals surface area (Å²) < 4.78 is 17.7. The molecule has 0 radical (unpaired) electrons. The van der Waals surface area contributed by atoms with Gasteiger partial charge in [-0.3, -0.25) is 14.4 Å². The van der Waals surface area contributed by atoms with Crippen molar-refractivity contribution in [2.75, 3.05) is 38.3 Å². The van der Waals surface area contributed by atoms with Gasteiger partial charge in [0.1, 0.15) is 28.9 Å². The third-order valence-electron chi connectivity index (χ3n) is 8.34. The number of ether oxygens (including phenoxy) is 3. The number of cyclic esters (lactones) is 1. The van der Waals surface area contributed by atoms with Crippen LogP contribution in [0.2, 0.25) is 0 Å². The molecular weight excluding hydrogens is 488 g/mol. The molecule has 38 heavy (non-hydrogen) atoms. The molecular formula is C29H36N2O7. The third kappa shape index (κ3) is 4.12. The number of carbonyl (C=O) groups is 3. The van der Waals surface area contributed by atoms with E-state index in [0.29, 0.717) is 56.6 Å². The maximum atomic E-state index is 14.4. The smallest absolute Gasteiger partial charge is 0.313 e. The first-order chi connectivity index (χ1) is 18.4. The largest absolute Gasteiger partial charge is 0.497 e. The predicted molar refractivity (Wildman–Crippen MR) is 139 cm³/mol. The van der Waals surface area contributed by atoms with Crippen LogP contribution in [0.15, 0.2) is 48.6 Å². The molecule has 1 spiro atoms. The van der Waals surface area contributed by atoms with Crippen LogP contribution in [0.3, 0.4) is 0 Å². The molecule has 2 fully saturated rings. The normalized spacial score (nSPS) is 32.3. The van der Waals surface area contributed by atoms with E-state index in [9.17, 15) is 19.5 Å². The number of rotatable bonds is 8. The van der Waals surface area contributed by atoms with Gasteiger partial charge in [0.05, 0.1) is 19.6 Å². The number of hydrogen-bond acceptors (Lipinski definition) is 7. The Morgan fingerprint density at radius 3 is 2.53 bits per heavy atom.